The summed E-state index contributed by atoms with van der Waals surface area (Å²) in [6.45, 7) is 16.0. The van der Waals surface area contributed by atoms with E-state index < -0.39 is 0 Å². The van der Waals surface area contributed by atoms with E-state index in [1.165, 1.54) is 0 Å². The largest absolute Gasteiger partial charge is 0.381 e. The van der Waals surface area contributed by atoms with Gasteiger partial charge in [0.05, 0.1) is 33.0 Å². The Morgan fingerprint density at radius 2 is 2.00 bits per heavy atom. The van der Waals surface area contributed by atoms with Gasteiger partial charge in [-0.2, -0.15) is 0 Å². The number of hydrogen-bond donors (Lipinski definition) is 2. The van der Waals surface area contributed by atoms with Gasteiger partial charge in [0, 0.05) is 50.8 Å². The van der Waals surface area contributed by atoms with Crippen molar-refractivity contribution in [3.8, 4) is 0 Å². The van der Waals surface area contributed by atoms with Gasteiger partial charge in [-0.05, 0) is 33.6 Å². The number of ether oxygens (including phenoxy) is 3. The van der Waals surface area contributed by atoms with Gasteiger partial charge in [0.1, 0.15) is 0 Å². The first-order chi connectivity index (χ1) is 12.6. The Bertz CT molecular complexity index is 406. The van der Waals surface area contributed by atoms with Crippen molar-refractivity contribution >= 4 is 5.96 Å². The van der Waals surface area contributed by atoms with Gasteiger partial charge in [0.15, 0.2) is 5.96 Å². The average molecular weight is 371 g/mol. The highest BCUT2D eigenvalue weighted by Gasteiger charge is 2.28. The van der Waals surface area contributed by atoms with Gasteiger partial charge in [0.2, 0.25) is 0 Å². The summed E-state index contributed by atoms with van der Waals surface area (Å²) >= 11 is 0. The number of nitrogens with one attached hydrogen (secondary N) is 2. The zero-order valence-electron chi connectivity index (χ0n) is 16.9. The van der Waals surface area contributed by atoms with Crippen molar-refractivity contribution in [1.29, 1.82) is 0 Å². The maximum atomic E-state index is 5.75. The van der Waals surface area contributed by atoms with Gasteiger partial charge in [-0.1, -0.05) is 0 Å². The Morgan fingerprint density at radius 1 is 1.19 bits per heavy atom. The van der Waals surface area contributed by atoms with E-state index in [9.17, 15) is 0 Å². The van der Waals surface area contributed by atoms with Gasteiger partial charge in [0.25, 0.3) is 0 Å². The van der Waals surface area contributed by atoms with E-state index in [0.29, 0.717) is 5.92 Å². The number of rotatable bonds is 10. The van der Waals surface area contributed by atoms with E-state index in [-0.39, 0.29) is 5.54 Å². The second-order valence-electron chi connectivity index (χ2n) is 7.69. The molecule has 2 fully saturated rings. The summed E-state index contributed by atoms with van der Waals surface area (Å²) in [4.78, 5) is 7.26. The molecule has 0 bridgehead atoms. The first-order valence-corrected chi connectivity index (χ1v) is 10.1. The number of hydrogen-bond acceptors (Lipinski definition) is 5. The lowest BCUT2D eigenvalue weighted by atomic mass is 10.0. The lowest BCUT2D eigenvalue weighted by molar-refractivity contribution is -0.00683. The maximum Gasteiger partial charge on any atom is 0.191 e. The van der Waals surface area contributed by atoms with Crippen molar-refractivity contribution in [2.75, 3.05) is 72.4 Å². The molecule has 2 N–H and O–H groups in total. The molecule has 1 atom stereocenters. The first-order valence-electron chi connectivity index (χ1n) is 10.1. The van der Waals surface area contributed by atoms with Crippen molar-refractivity contribution in [2.45, 2.75) is 39.2 Å². The van der Waals surface area contributed by atoms with Crippen LogP contribution in [0.15, 0.2) is 4.99 Å². The topological polar surface area (TPSA) is 67.4 Å². The van der Waals surface area contributed by atoms with Crippen LogP contribution in [-0.2, 0) is 14.2 Å². The van der Waals surface area contributed by atoms with Crippen LogP contribution in [0, 0.1) is 5.92 Å². The average Bonchev–Trinajstić information content (AvgIpc) is 3.16. The van der Waals surface area contributed by atoms with Gasteiger partial charge in [-0.15, -0.1) is 0 Å². The van der Waals surface area contributed by atoms with Crippen LogP contribution in [0.1, 0.15) is 33.6 Å². The summed E-state index contributed by atoms with van der Waals surface area (Å²) in [6, 6.07) is 0. The predicted octanol–water partition coefficient (Wildman–Crippen LogP) is 1.10. The highest BCUT2D eigenvalue weighted by molar-refractivity contribution is 5.79. The third kappa shape index (κ3) is 7.78. The molecular formula is C19H38N4O3. The summed E-state index contributed by atoms with van der Waals surface area (Å²) in [5, 5.41) is 6.75. The quantitative estimate of drug-likeness (QED) is 0.341. The van der Waals surface area contributed by atoms with Crippen LogP contribution in [0.3, 0.4) is 0 Å². The molecule has 1 unspecified atom stereocenters. The van der Waals surface area contributed by atoms with Crippen molar-refractivity contribution in [3.63, 3.8) is 0 Å². The van der Waals surface area contributed by atoms with E-state index in [0.717, 1.165) is 91.2 Å². The zero-order chi connectivity index (χ0) is 18.7. The summed E-state index contributed by atoms with van der Waals surface area (Å²) in [6.07, 6.45) is 2.11. The lowest BCUT2D eigenvalue weighted by Crippen LogP contribution is -2.52. The minimum atomic E-state index is 0.0403. The Kier molecular flexibility index (Phi) is 9.67. The molecule has 0 aromatic carbocycles. The maximum absolute atomic E-state index is 5.75. The monoisotopic (exact) mass is 370 g/mol. The Hall–Kier alpha value is -0.890. The van der Waals surface area contributed by atoms with Gasteiger partial charge in [-0.25, -0.2) is 0 Å². The molecule has 0 amide bonds. The third-order valence-corrected chi connectivity index (χ3v) is 4.97. The molecule has 0 saturated carbocycles. The van der Waals surface area contributed by atoms with Crippen molar-refractivity contribution < 1.29 is 14.2 Å². The summed E-state index contributed by atoms with van der Waals surface area (Å²) in [7, 11) is 0. The summed E-state index contributed by atoms with van der Waals surface area (Å²) in [5.41, 5.74) is 0.0403. The third-order valence-electron chi connectivity index (χ3n) is 4.97. The van der Waals surface area contributed by atoms with Gasteiger partial charge in [-0.3, -0.25) is 9.89 Å². The molecule has 26 heavy (non-hydrogen) atoms. The van der Waals surface area contributed by atoms with Crippen LogP contribution in [0.5, 0.6) is 0 Å². The molecule has 152 valence electrons. The molecule has 2 saturated heterocycles. The van der Waals surface area contributed by atoms with Gasteiger partial charge < -0.3 is 24.8 Å². The molecule has 0 aliphatic carbocycles. The second kappa shape index (κ2) is 11.7. The van der Waals surface area contributed by atoms with Crippen LogP contribution >= 0.6 is 0 Å². The fourth-order valence-corrected chi connectivity index (χ4v) is 3.23. The fraction of sp³-hybridized carbons (Fsp3) is 0.947. The van der Waals surface area contributed by atoms with E-state index in [2.05, 4.69) is 36.3 Å². The minimum absolute atomic E-state index is 0.0403. The van der Waals surface area contributed by atoms with Crippen molar-refractivity contribution in [2.24, 2.45) is 10.9 Å². The molecule has 2 rings (SSSR count). The van der Waals surface area contributed by atoms with Crippen LogP contribution in [-0.4, -0.2) is 88.8 Å². The molecule has 0 aromatic heterocycles. The second-order valence-corrected chi connectivity index (χ2v) is 7.69. The van der Waals surface area contributed by atoms with E-state index in [1.54, 1.807) is 0 Å². The molecule has 0 aromatic rings. The SMILES string of the molecule is CCNC(=NCC(C)(C)N1CCOCC1)NCCCOCC1CCOC1. The summed E-state index contributed by atoms with van der Waals surface area (Å²) < 4.78 is 16.6. The van der Waals surface area contributed by atoms with Crippen LogP contribution in [0.2, 0.25) is 0 Å². The van der Waals surface area contributed by atoms with E-state index in [1.807, 2.05) is 0 Å². The molecule has 0 radical (unpaired) electrons. The number of aliphatic imine (C=N–C) groups is 1. The Labute approximate surface area is 158 Å². The van der Waals surface area contributed by atoms with Gasteiger partial charge >= 0.3 is 0 Å². The zero-order valence-corrected chi connectivity index (χ0v) is 16.9. The molecule has 2 aliphatic heterocycles. The van der Waals surface area contributed by atoms with Crippen LogP contribution in [0.4, 0.5) is 0 Å². The highest BCUT2D eigenvalue weighted by Crippen LogP contribution is 2.16. The van der Waals surface area contributed by atoms with Crippen molar-refractivity contribution in [1.82, 2.24) is 15.5 Å². The Morgan fingerprint density at radius 3 is 2.69 bits per heavy atom. The molecule has 2 aliphatic rings. The molecule has 7 heteroatoms. The van der Waals surface area contributed by atoms with E-state index in [4.69, 9.17) is 19.2 Å². The molecule has 2 heterocycles. The van der Waals surface area contributed by atoms with Crippen LogP contribution < -0.4 is 10.6 Å². The smallest absolute Gasteiger partial charge is 0.191 e. The van der Waals surface area contributed by atoms with Crippen LogP contribution in [0.25, 0.3) is 0 Å². The highest BCUT2D eigenvalue weighted by atomic mass is 16.5. The fourth-order valence-electron chi connectivity index (χ4n) is 3.23. The van der Waals surface area contributed by atoms with E-state index >= 15 is 0 Å². The standard InChI is InChI=1S/C19H38N4O3/c1-4-20-18(21-7-5-10-25-14-17-6-11-26-15-17)22-16-19(2,3)23-8-12-24-13-9-23/h17H,4-16H2,1-3H3,(H2,20,21,22). The first kappa shape index (κ1) is 21.4. The molecule has 7 nitrogen and oxygen atoms in total. The minimum Gasteiger partial charge on any atom is -0.381 e. The number of morpholine rings is 1. The number of guanidine groups is 1. The summed E-state index contributed by atoms with van der Waals surface area (Å²) in [5.74, 6) is 1.47. The molecule has 0 spiro atoms. The molecular weight excluding hydrogens is 332 g/mol. The normalized spacial score (nSPS) is 22.6. The predicted molar refractivity (Wildman–Crippen MR) is 105 cm³/mol. The number of nitrogens with zero attached hydrogens (tertiary/aromatic N) is 2. The Balaban J connectivity index is 1.64. The van der Waals surface area contributed by atoms with Crippen molar-refractivity contribution in [3.05, 3.63) is 0 Å². The lowest BCUT2D eigenvalue weighted by Gasteiger charge is -2.39.